The molecule has 0 aliphatic heterocycles. The summed E-state index contributed by atoms with van der Waals surface area (Å²) in [6.07, 6.45) is 7.74. The number of rotatable bonds is 6. The first-order chi connectivity index (χ1) is 10.3. The number of aromatic nitrogens is 1. The molecule has 0 unspecified atom stereocenters. The maximum atomic E-state index is 4.56. The average Bonchev–Trinajstić information content (AvgIpc) is 3.39. The Bertz CT molecular complexity index is 635. The normalized spacial score (nSPS) is 18.6. The molecule has 0 saturated heterocycles. The van der Waals surface area contributed by atoms with Crippen molar-refractivity contribution in [1.29, 1.82) is 0 Å². The van der Waals surface area contributed by atoms with Crippen molar-refractivity contribution in [2.45, 2.75) is 32.2 Å². The number of pyridine rings is 1. The molecule has 0 radical (unpaired) electrons. The topological polar surface area (TPSA) is 24.9 Å². The monoisotopic (exact) mass is 344 g/mol. The Labute approximate surface area is 134 Å². The molecule has 2 fully saturated rings. The largest absolute Gasteiger partial charge is 0.312 e. The molecule has 1 aromatic carbocycles. The summed E-state index contributed by atoms with van der Waals surface area (Å²) in [6.45, 7) is 2.11. The van der Waals surface area contributed by atoms with Crippen molar-refractivity contribution in [1.82, 2.24) is 10.3 Å². The Morgan fingerprint density at radius 2 is 1.90 bits per heavy atom. The molecule has 4 rings (SSSR count). The molecule has 2 aliphatic rings. The molecule has 0 bridgehead atoms. The molecule has 0 spiro atoms. The third-order valence-corrected chi connectivity index (χ3v) is 5.64. The lowest BCUT2D eigenvalue weighted by atomic mass is 9.98. The van der Waals surface area contributed by atoms with Gasteiger partial charge < -0.3 is 5.32 Å². The standard InChI is InChI=1S/C18H21BrN2/c19-17-8-7-14(18-15(17)2-1-9-21-18)10-20-11-16(12-3-4-12)13-5-6-13/h1-2,7-9,12-13,16,20H,3-6,10-11H2. The van der Waals surface area contributed by atoms with Gasteiger partial charge in [-0.2, -0.15) is 0 Å². The lowest BCUT2D eigenvalue weighted by molar-refractivity contribution is 0.379. The Morgan fingerprint density at radius 1 is 1.14 bits per heavy atom. The molecular weight excluding hydrogens is 324 g/mol. The van der Waals surface area contributed by atoms with Gasteiger partial charge in [-0.3, -0.25) is 4.98 Å². The van der Waals surface area contributed by atoms with E-state index in [0.29, 0.717) is 0 Å². The highest BCUT2D eigenvalue weighted by Gasteiger charge is 2.40. The van der Waals surface area contributed by atoms with Crippen molar-refractivity contribution >= 4 is 26.8 Å². The molecule has 1 heterocycles. The van der Waals surface area contributed by atoms with E-state index in [2.05, 4.69) is 44.4 Å². The minimum Gasteiger partial charge on any atom is -0.312 e. The van der Waals surface area contributed by atoms with Crippen LogP contribution in [0.25, 0.3) is 10.9 Å². The van der Waals surface area contributed by atoms with Crippen molar-refractivity contribution in [2.24, 2.45) is 17.8 Å². The summed E-state index contributed by atoms with van der Waals surface area (Å²) >= 11 is 3.62. The number of hydrogen-bond donors (Lipinski definition) is 1. The SMILES string of the molecule is Brc1ccc(CNCC(C2CC2)C2CC2)c2ncccc12. The van der Waals surface area contributed by atoms with Gasteiger partial charge in [0.15, 0.2) is 0 Å². The van der Waals surface area contributed by atoms with Crippen molar-refractivity contribution < 1.29 is 0 Å². The van der Waals surface area contributed by atoms with E-state index < -0.39 is 0 Å². The summed E-state index contributed by atoms with van der Waals surface area (Å²) in [6, 6.07) is 8.46. The molecule has 3 heteroatoms. The van der Waals surface area contributed by atoms with Crippen LogP contribution in [-0.2, 0) is 6.54 Å². The predicted octanol–water partition coefficient (Wildman–Crippen LogP) is 4.52. The fourth-order valence-electron chi connectivity index (χ4n) is 3.48. The molecule has 0 amide bonds. The van der Waals surface area contributed by atoms with Gasteiger partial charge in [-0.1, -0.05) is 28.1 Å². The molecular formula is C18H21BrN2. The minimum atomic E-state index is 0.927. The van der Waals surface area contributed by atoms with Gasteiger partial charge in [-0.05, 0) is 67.7 Å². The molecule has 21 heavy (non-hydrogen) atoms. The zero-order valence-corrected chi connectivity index (χ0v) is 13.8. The third kappa shape index (κ3) is 3.00. The fourth-order valence-corrected chi connectivity index (χ4v) is 3.93. The minimum absolute atomic E-state index is 0.927. The van der Waals surface area contributed by atoms with Crippen LogP contribution in [0.1, 0.15) is 31.2 Å². The summed E-state index contributed by atoms with van der Waals surface area (Å²) in [5.41, 5.74) is 2.42. The first kappa shape index (κ1) is 13.7. The Morgan fingerprint density at radius 3 is 2.62 bits per heavy atom. The van der Waals surface area contributed by atoms with Gasteiger partial charge in [-0.15, -0.1) is 0 Å². The van der Waals surface area contributed by atoms with Crippen LogP contribution in [-0.4, -0.2) is 11.5 Å². The predicted molar refractivity (Wildman–Crippen MR) is 90.1 cm³/mol. The molecule has 2 aromatic rings. The Kier molecular flexibility index (Phi) is 3.72. The van der Waals surface area contributed by atoms with Gasteiger partial charge in [0.2, 0.25) is 0 Å². The van der Waals surface area contributed by atoms with Gasteiger partial charge in [0, 0.05) is 22.6 Å². The number of nitrogens with zero attached hydrogens (tertiary/aromatic N) is 1. The summed E-state index contributed by atoms with van der Waals surface area (Å²) in [4.78, 5) is 4.56. The van der Waals surface area contributed by atoms with Crippen LogP contribution in [0.2, 0.25) is 0 Å². The molecule has 0 atom stereocenters. The molecule has 2 aliphatic carbocycles. The lowest BCUT2D eigenvalue weighted by Gasteiger charge is -2.16. The molecule has 2 nitrogen and oxygen atoms in total. The first-order valence-electron chi connectivity index (χ1n) is 8.06. The van der Waals surface area contributed by atoms with Crippen LogP contribution in [0, 0.1) is 17.8 Å². The number of nitrogens with one attached hydrogen (secondary N) is 1. The Balaban J connectivity index is 1.46. The summed E-state index contributed by atoms with van der Waals surface area (Å²) in [5.74, 6) is 2.97. The Hall–Kier alpha value is -0.930. The smallest absolute Gasteiger partial charge is 0.0758 e. The second-order valence-corrected chi connectivity index (χ2v) is 7.43. The van der Waals surface area contributed by atoms with E-state index in [0.717, 1.165) is 34.3 Å². The van der Waals surface area contributed by atoms with Gasteiger partial charge >= 0.3 is 0 Å². The van der Waals surface area contributed by atoms with Crippen LogP contribution in [0.5, 0.6) is 0 Å². The van der Waals surface area contributed by atoms with E-state index in [4.69, 9.17) is 0 Å². The van der Waals surface area contributed by atoms with E-state index in [1.807, 2.05) is 12.3 Å². The van der Waals surface area contributed by atoms with Crippen molar-refractivity contribution in [3.63, 3.8) is 0 Å². The average molecular weight is 345 g/mol. The maximum Gasteiger partial charge on any atom is 0.0758 e. The molecule has 2 saturated carbocycles. The highest BCUT2D eigenvalue weighted by atomic mass is 79.9. The fraction of sp³-hybridized carbons (Fsp3) is 0.500. The number of halogens is 1. The van der Waals surface area contributed by atoms with Crippen LogP contribution >= 0.6 is 15.9 Å². The van der Waals surface area contributed by atoms with Crippen LogP contribution in [0.3, 0.4) is 0 Å². The molecule has 1 N–H and O–H groups in total. The van der Waals surface area contributed by atoms with E-state index in [9.17, 15) is 0 Å². The lowest BCUT2D eigenvalue weighted by Crippen LogP contribution is -2.25. The van der Waals surface area contributed by atoms with E-state index in [-0.39, 0.29) is 0 Å². The van der Waals surface area contributed by atoms with E-state index in [1.165, 1.54) is 43.2 Å². The zero-order chi connectivity index (χ0) is 14.2. The van der Waals surface area contributed by atoms with Gasteiger partial charge in [0.25, 0.3) is 0 Å². The third-order valence-electron chi connectivity index (χ3n) is 4.95. The highest BCUT2D eigenvalue weighted by Crippen LogP contribution is 2.48. The summed E-state index contributed by atoms with van der Waals surface area (Å²) < 4.78 is 1.13. The number of benzene rings is 1. The first-order valence-corrected chi connectivity index (χ1v) is 8.85. The summed E-state index contributed by atoms with van der Waals surface area (Å²) in [5, 5.41) is 4.91. The zero-order valence-electron chi connectivity index (χ0n) is 12.2. The molecule has 1 aromatic heterocycles. The number of fused-ring (bicyclic) bond motifs is 1. The molecule has 110 valence electrons. The second-order valence-electron chi connectivity index (χ2n) is 6.58. The van der Waals surface area contributed by atoms with Gasteiger partial charge in [0.1, 0.15) is 0 Å². The summed E-state index contributed by atoms with van der Waals surface area (Å²) in [7, 11) is 0. The highest BCUT2D eigenvalue weighted by molar-refractivity contribution is 9.10. The quantitative estimate of drug-likeness (QED) is 0.832. The van der Waals surface area contributed by atoms with Gasteiger partial charge in [0.05, 0.1) is 5.52 Å². The van der Waals surface area contributed by atoms with Crippen LogP contribution in [0.4, 0.5) is 0 Å². The number of hydrogen-bond acceptors (Lipinski definition) is 2. The van der Waals surface area contributed by atoms with Crippen LogP contribution in [0.15, 0.2) is 34.9 Å². The van der Waals surface area contributed by atoms with Gasteiger partial charge in [-0.25, -0.2) is 0 Å². The van der Waals surface area contributed by atoms with Crippen molar-refractivity contribution in [3.05, 3.63) is 40.5 Å². The van der Waals surface area contributed by atoms with Crippen molar-refractivity contribution in [2.75, 3.05) is 6.54 Å². The van der Waals surface area contributed by atoms with E-state index >= 15 is 0 Å². The van der Waals surface area contributed by atoms with E-state index in [1.54, 1.807) is 0 Å². The van der Waals surface area contributed by atoms with Crippen molar-refractivity contribution in [3.8, 4) is 0 Å². The maximum absolute atomic E-state index is 4.56. The van der Waals surface area contributed by atoms with Crippen LogP contribution < -0.4 is 5.32 Å². The second kappa shape index (κ2) is 5.69.